The lowest BCUT2D eigenvalue weighted by atomic mass is 9.92. The van der Waals surface area contributed by atoms with E-state index in [0.717, 1.165) is 0 Å². The summed E-state index contributed by atoms with van der Waals surface area (Å²) in [5.41, 5.74) is -0.730. The van der Waals surface area contributed by atoms with Crippen LogP contribution in [0.5, 0.6) is 0 Å². The third kappa shape index (κ3) is 2.21. The Morgan fingerprint density at radius 3 is 2.12 bits per heavy atom. The Bertz CT molecular complexity index is 398. The lowest BCUT2D eigenvalue weighted by molar-refractivity contribution is -0.152. The second-order valence-corrected chi connectivity index (χ2v) is 4.13. The number of carbonyl (C=O) groups excluding carboxylic acids is 1. The number of carbonyl (C=O) groups is 2. The van der Waals surface area contributed by atoms with Gasteiger partial charge in [0.1, 0.15) is 5.41 Å². The highest BCUT2D eigenvalue weighted by Gasteiger charge is 2.38. The predicted molar refractivity (Wildman–Crippen MR) is 61.3 cm³/mol. The number of carboxylic acids is 1. The number of hydrogen-bond donors (Lipinski definition) is 1. The lowest BCUT2D eigenvalue weighted by Crippen LogP contribution is -2.43. The molecule has 0 heterocycles. The van der Waals surface area contributed by atoms with Gasteiger partial charge in [0.25, 0.3) is 0 Å². The third-order valence-electron chi connectivity index (χ3n) is 2.52. The third-order valence-corrected chi connectivity index (χ3v) is 2.52. The molecular weight excluding hydrogens is 206 g/mol. The molecule has 1 rings (SSSR count). The van der Waals surface area contributed by atoms with Crippen molar-refractivity contribution in [2.45, 2.75) is 13.8 Å². The molecule has 1 aromatic rings. The fourth-order valence-corrected chi connectivity index (χ4v) is 1.28. The number of nitrogens with zero attached hydrogens (tertiary/aromatic N) is 1. The van der Waals surface area contributed by atoms with Gasteiger partial charge in [-0.1, -0.05) is 18.2 Å². The molecule has 0 aliphatic heterocycles. The molecule has 0 unspecified atom stereocenters. The number of anilines is 1. The highest BCUT2D eigenvalue weighted by Crippen LogP contribution is 2.22. The molecule has 0 aliphatic rings. The summed E-state index contributed by atoms with van der Waals surface area (Å²) < 4.78 is 0. The fourth-order valence-electron chi connectivity index (χ4n) is 1.28. The van der Waals surface area contributed by atoms with E-state index >= 15 is 0 Å². The van der Waals surface area contributed by atoms with Crippen molar-refractivity contribution in [3.63, 3.8) is 0 Å². The summed E-state index contributed by atoms with van der Waals surface area (Å²) in [4.78, 5) is 24.3. The molecule has 0 saturated carbocycles. The summed E-state index contributed by atoms with van der Waals surface area (Å²) in [6.45, 7) is 2.80. The molecule has 0 aromatic heterocycles. The molecule has 0 bridgehead atoms. The van der Waals surface area contributed by atoms with Crippen LogP contribution in [-0.4, -0.2) is 24.0 Å². The van der Waals surface area contributed by atoms with Gasteiger partial charge in [-0.25, -0.2) is 0 Å². The molecular formula is C12H15NO3. The van der Waals surface area contributed by atoms with Crippen LogP contribution in [-0.2, 0) is 9.59 Å². The van der Waals surface area contributed by atoms with Crippen LogP contribution < -0.4 is 4.90 Å². The predicted octanol–water partition coefficient (Wildman–Crippen LogP) is 1.76. The van der Waals surface area contributed by atoms with Gasteiger partial charge in [-0.15, -0.1) is 0 Å². The fraction of sp³-hybridized carbons (Fsp3) is 0.333. The topological polar surface area (TPSA) is 57.6 Å². The van der Waals surface area contributed by atoms with Crippen LogP contribution in [0.1, 0.15) is 13.8 Å². The maximum Gasteiger partial charge on any atom is 0.318 e. The quantitative estimate of drug-likeness (QED) is 0.791. The van der Waals surface area contributed by atoms with Crippen molar-refractivity contribution in [1.82, 2.24) is 0 Å². The van der Waals surface area contributed by atoms with Gasteiger partial charge in [-0.3, -0.25) is 9.59 Å². The molecule has 0 radical (unpaired) electrons. The molecule has 0 aliphatic carbocycles. The summed E-state index contributed by atoms with van der Waals surface area (Å²) in [6, 6.07) is 8.95. The van der Waals surface area contributed by atoms with Gasteiger partial charge in [-0.2, -0.15) is 0 Å². The number of amides is 1. The normalized spacial score (nSPS) is 10.9. The van der Waals surface area contributed by atoms with Crippen LogP contribution in [0.4, 0.5) is 5.69 Å². The number of aliphatic carboxylic acids is 1. The average Bonchev–Trinajstić information content (AvgIpc) is 2.28. The molecule has 1 amide bonds. The van der Waals surface area contributed by atoms with Crippen LogP contribution in [0.15, 0.2) is 30.3 Å². The maximum atomic E-state index is 12.0. The minimum Gasteiger partial charge on any atom is -0.480 e. The van der Waals surface area contributed by atoms with Crippen molar-refractivity contribution in [2.24, 2.45) is 5.41 Å². The average molecular weight is 221 g/mol. The number of para-hydroxylation sites is 1. The second-order valence-electron chi connectivity index (χ2n) is 4.13. The van der Waals surface area contributed by atoms with E-state index in [1.807, 2.05) is 6.07 Å². The molecule has 4 heteroatoms. The summed E-state index contributed by atoms with van der Waals surface area (Å²) >= 11 is 0. The van der Waals surface area contributed by atoms with Gasteiger partial charge in [0, 0.05) is 12.7 Å². The Morgan fingerprint density at radius 1 is 1.19 bits per heavy atom. The first-order valence-electron chi connectivity index (χ1n) is 4.94. The van der Waals surface area contributed by atoms with Gasteiger partial charge in [0.05, 0.1) is 0 Å². The van der Waals surface area contributed by atoms with Crippen molar-refractivity contribution < 1.29 is 14.7 Å². The Kier molecular flexibility index (Phi) is 3.32. The van der Waals surface area contributed by atoms with E-state index < -0.39 is 17.3 Å². The Balaban J connectivity index is 2.96. The smallest absolute Gasteiger partial charge is 0.318 e. The first-order valence-corrected chi connectivity index (χ1v) is 4.94. The Morgan fingerprint density at radius 2 is 1.69 bits per heavy atom. The van der Waals surface area contributed by atoms with Gasteiger partial charge < -0.3 is 10.0 Å². The zero-order valence-corrected chi connectivity index (χ0v) is 9.60. The second kappa shape index (κ2) is 4.35. The highest BCUT2D eigenvalue weighted by molar-refractivity contribution is 6.08. The first kappa shape index (κ1) is 12.2. The lowest BCUT2D eigenvalue weighted by Gasteiger charge is -2.25. The van der Waals surface area contributed by atoms with E-state index in [0.29, 0.717) is 5.69 Å². The van der Waals surface area contributed by atoms with E-state index in [1.165, 1.54) is 18.7 Å². The molecule has 0 saturated heterocycles. The van der Waals surface area contributed by atoms with Gasteiger partial charge >= 0.3 is 5.97 Å². The van der Waals surface area contributed by atoms with Crippen LogP contribution >= 0.6 is 0 Å². The highest BCUT2D eigenvalue weighted by atomic mass is 16.4. The van der Waals surface area contributed by atoms with Crippen molar-refractivity contribution in [3.05, 3.63) is 30.3 Å². The van der Waals surface area contributed by atoms with E-state index in [2.05, 4.69) is 0 Å². The van der Waals surface area contributed by atoms with Crippen molar-refractivity contribution in [3.8, 4) is 0 Å². The zero-order valence-electron chi connectivity index (χ0n) is 9.60. The Labute approximate surface area is 94.5 Å². The first-order chi connectivity index (χ1) is 7.37. The molecule has 0 spiro atoms. The molecule has 4 nitrogen and oxygen atoms in total. The SMILES string of the molecule is CN(C(=O)C(C)(C)C(=O)O)c1ccccc1. The molecule has 86 valence electrons. The number of hydrogen-bond acceptors (Lipinski definition) is 2. The number of benzene rings is 1. The summed E-state index contributed by atoms with van der Waals surface area (Å²) in [5.74, 6) is -1.56. The molecule has 0 atom stereocenters. The van der Waals surface area contributed by atoms with E-state index in [1.54, 1.807) is 31.3 Å². The number of rotatable bonds is 3. The van der Waals surface area contributed by atoms with Crippen molar-refractivity contribution >= 4 is 17.6 Å². The van der Waals surface area contributed by atoms with Crippen molar-refractivity contribution in [1.29, 1.82) is 0 Å². The van der Waals surface area contributed by atoms with Crippen LogP contribution in [0.2, 0.25) is 0 Å². The van der Waals surface area contributed by atoms with Crippen molar-refractivity contribution in [2.75, 3.05) is 11.9 Å². The molecule has 1 aromatic carbocycles. The van der Waals surface area contributed by atoms with E-state index in [9.17, 15) is 9.59 Å². The largest absolute Gasteiger partial charge is 0.480 e. The van der Waals surface area contributed by atoms with E-state index in [4.69, 9.17) is 5.11 Å². The standard InChI is InChI=1S/C12H15NO3/c1-12(2,11(15)16)10(14)13(3)9-7-5-4-6-8-9/h4-8H,1-3H3,(H,15,16). The van der Waals surface area contributed by atoms with E-state index in [-0.39, 0.29) is 0 Å². The molecule has 1 N–H and O–H groups in total. The summed E-state index contributed by atoms with van der Waals surface area (Å²) in [7, 11) is 1.57. The van der Waals surface area contributed by atoms with Gasteiger partial charge in [-0.05, 0) is 26.0 Å². The zero-order chi connectivity index (χ0) is 12.3. The molecule has 16 heavy (non-hydrogen) atoms. The minimum absolute atomic E-state index is 0.439. The summed E-state index contributed by atoms with van der Waals surface area (Å²) in [6.07, 6.45) is 0. The van der Waals surface area contributed by atoms with Crippen LogP contribution in [0, 0.1) is 5.41 Å². The van der Waals surface area contributed by atoms with Crippen LogP contribution in [0.3, 0.4) is 0 Å². The van der Waals surface area contributed by atoms with Gasteiger partial charge in [0.2, 0.25) is 5.91 Å². The maximum absolute atomic E-state index is 12.0. The minimum atomic E-state index is -1.41. The van der Waals surface area contributed by atoms with Crippen LogP contribution in [0.25, 0.3) is 0 Å². The van der Waals surface area contributed by atoms with Gasteiger partial charge in [0.15, 0.2) is 0 Å². The monoisotopic (exact) mass is 221 g/mol. The Hall–Kier alpha value is -1.84. The summed E-state index contributed by atoms with van der Waals surface area (Å²) in [5, 5.41) is 8.96. The number of carboxylic acid groups (broad SMARTS) is 1. The molecule has 0 fully saturated rings.